The fourth-order valence-corrected chi connectivity index (χ4v) is 2.63. The second-order valence-electron chi connectivity index (χ2n) is 6.18. The zero-order valence-corrected chi connectivity index (χ0v) is 15.6. The van der Waals surface area contributed by atoms with Crippen molar-refractivity contribution >= 4 is 34.8 Å². The standard InChI is InChI=1S/C18H19ClN6O2/c1-12(10-25-11-13(19)9-20-25)17(26)21-14-4-3-5-15(8-14)22-18(27)16-6-7-24(2)23-16/h3-9,11-12H,10H2,1-2H3,(H,21,26)(H,22,27). The smallest absolute Gasteiger partial charge is 0.276 e. The second-order valence-corrected chi connectivity index (χ2v) is 6.62. The zero-order valence-electron chi connectivity index (χ0n) is 14.9. The van der Waals surface area contributed by atoms with Gasteiger partial charge in [-0.3, -0.25) is 19.0 Å². The molecule has 8 nitrogen and oxygen atoms in total. The van der Waals surface area contributed by atoms with E-state index in [0.29, 0.717) is 28.6 Å². The van der Waals surface area contributed by atoms with Crippen LogP contribution in [0.4, 0.5) is 11.4 Å². The first kappa shape index (κ1) is 18.7. The van der Waals surface area contributed by atoms with E-state index in [1.807, 2.05) is 0 Å². The first-order valence-corrected chi connectivity index (χ1v) is 8.68. The van der Waals surface area contributed by atoms with Crippen molar-refractivity contribution < 1.29 is 9.59 Å². The third-order valence-corrected chi connectivity index (χ3v) is 4.04. The minimum absolute atomic E-state index is 0.158. The summed E-state index contributed by atoms with van der Waals surface area (Å²) in [5.74, 6) is -0.787. The van der Waals surface area contributed by atoms with Gasteiger partial charge < -0.3 is 10.6 Å². The molecule has 0 radical (unpaired) electrons. The Bertz CT molecular complexity index is 964. The van der Waals surface area contributed by atoms with Gasteiger partial charge in [0.1, 0.15) is 0 Å². The quantitative estimate of drug-likeness (QED) is 0.681. The summed E-state index contributed by atoms with van der Waals surface area (Å²) in [5.41, 5.74) is 1.47. The third-order valence-electron chi connectivity index (χ3n) is 3.84. The fraction of sp³-hybridized carbons (Fsp3) is 0.222. The summed E-state index contributed by atoms with van der Waals surface area (Å²) < 4.78 is 3.18. The number of aryl methyl sites for hydroxylation is 1. The summed E-state index contributed by atoms with van der Waals surface area (Å²) in [6.07, 6.45) is 4.89. The Morgan fingerprint density at radius 1 is 1.22 bits per heavy atom. The number of hydrogen-bond donors (Lipinski definition) is 2. The molecule has 1 atom stereocenters. The average molecular weight is 387 g/mol. The van der Waals surface area contributed by atoms with E-state index >= 15 is 0 Å². The van der Waals surface area contributed by atoms with Crippen LogP contribution in [0.2, 0.25) is 5.02 Å². The van der Waals surface area contributed by atoms with Crippen molar-refractivity contribution in [1.29, 1.82) is 0 Å². The molecule has 0 aliphatic carbocycles. The number of nitrogens with one attached hydrogen (secondary N) is 2. The number of carbonyl (C=O) groups is 2. The molecule has 2 amide bonds. The number of amides is 2. The van der Waals surface area contributed by atoms with E-state index in [0.717, 1.165) is 0 Å². The Kier molecular flexibility index (Phi) is 5.56. The van der Waals surface area contributed by atoms with Gasteiger partial charge in [-0.15, -0.1) is 0 Å². The lowest BCUT2D eigenvalue weighted by atomic mass is 10.1. The Labute approximate surface area is 161 Å². The molecule has 1 aromatic carbocycles. The van der Waals surface area contributed by atoms with Crippen LogP contribution in [0.25, 0.3) is 0 Å². The number of aromatic nitrogens is 4. The predicted octanol–water partition coefficient (Wildman–Crippen LogP) is 2.80. The van der Waals surface area contributed by atoms with Crippen molar-refractivity contribution in [2.45, 2.75) is 13.5 Å². The lowest BCUT2D eigenvalue weighted by Gasteiger charge is -2.13. The lowest BCUT2D eigenvalue weighted by molar-refractivity contribution is -0.119. The van der Waals surface area contributed by atoms with E-state index in [1.165, 1.54) is 6.20 Å². The van der Waals surface area contributed by atoms with Gasteiger partial charge in [0.25, 0.3) is 5.91 Å². The molecule has 140 valence electrons. The van der Waals surface area contributed by atoms with Crippen LogP contribution in [0, 0.1) is 5.92 Å². The van der Waals surface area contributed by atoms with Gasteiger partial charge in [-0.2, -0.15) is 10.2 Å². The second kappa shape index (κ2) is 8.05. The topological polar surface area (TPSA) is 93.8 Å². The number of carbonyl (C=O) groups excluding carboxylic acids is 2. The third kappa shape index (κ3) is 4.95. The van der Waals surface area contributed by atoms with E-state index in [1.54, 1.807) is 66.1 Å². The van der Waals surface area contributed by atoms with Crippen LogP contribution >= 0.6 is 11.6 Å². The highest BCUT2D eigenvalue weighted by Gasteiger charge is 2.15. The molecule has 3 aromatic rings. The molecule has 2 N–H and O–H groups in total. The minimum atomic E-state index is -0.317. The van der Waals surface area contributed by atoms with E-state index in [9.17, 15) is 9.59 Å². The predicted molar refractivity (Wildman–Crippen MR) is 103 cm³/mol. The van der Waals surface area contributed by atoms with E-state index in [4.69, 9.17) is 11.6 Å². The van der Waals surface area contributed by atoms with Crippen molar-refractivity contribution in [3.63, 3.8) is 0 Å². The summed E-state index contributed by atoms with van der Waals surface area (Å²) >= 11 is 5.83. The first-order valence-electron chi connectivity index (χ1n) is 8.30. The number of benzene rings is 1. The van der Waals surface area contributed by atoms with Crippen LogP contribution in [0.1, 0.15) is 17.4 Å². The normalized spacial score (nSPS) is 11.8. The molecule has 0 bridgehead atoms. The van der Waals surface area contributed by atoms with Gasteiger partial charge in [-0.05, 0) is 24.3 Å². The molecular formula is C18H19ClN6O2. The van der Waals surface area contributed by atoms with Crippen molar-refractivity contribution in [3.8, 4) is 0 Å². The fourth-order valence-electron chi connectivity index (χ4n) is 2.47. The van der Waals surface area contributed by atoms with Gasteiger partial charge in [0.2, 0.25) is 5.91 Å². The Balaban J connectivity index is 1.61. The van der Waals surface area contributed by atoms with Gasteiger partial charge in [0.15, 0.2) is 5.69 Å². The number of rotatable bonds is 6. The number of halogens is 1. The summed E-state index contributed by atoms with van der Waals surface area (Å²) in [6.45, 7) is 2.21. The number of nitrogens with zero attached hydrogens (tertiary/aromatic N) is 4. The minimum Gasteiger partial charge on any atom is -0.326 e. The molecule has 27 heavy (non-hydrogen) atoms. The average Bonchev–Trinajstić information content (AvgIpc) is 3.23. The summed E-state index contributed by atoms with van der Waals surface area (Å²) in [5, 5.41) is 14.3. The van der Waals surface area contributed by atoms with E-state index < -0.39 is 0 Å². The summed E-state index contributed by atoms with van der Waals surface area (Å²) in [7, 11) is 1.74. The highest BCUT2D eigenvalue weighted by molar-refractivity contribution is 6.30. The van der Waals surface area contributed by atoms with Gasteiger partial charge in [0, 0.05) is 30.8 Å². The molecule has 3 rings (SSSR count). The summed E-state index contributed by atoms with van der Waals surface area (Å²) in [6, 6.07) is 8.57. The molecule has 0 fully saturated rings. The Morgan fingerprint density at radius 2 is 1.96 bits per heavy atom. The summed E-state index contributed by atoms with van der Waals surface area (Å²) in [4.78, 5) is 24.6. The van der Waals surface area contributed by atoms with Crippen molar-refractivity contribution in [1.82, 2.24) is 19.6 Å². The Morgan fingerprint density at radius 3 is 2.59 bits per heavy atom. The molecule has 0 saturated heterocycles. The molecule has 1 unspecified atom stereocenters. The van der Waals surface area contributed by atoms with Crippen LogP contribution in [-0.2, 0) is 18.4 Å². The highest BCUT2D eigenvalue weighted by atomic mass is 35.5. The van der Waals surface area contributed by atoms with Gasteiger partial charge >= 0.3 is 0 Å². The number of anilines is 2. The van der Waals surface area contributed by atoms with Crippen LogP contribution in [0.5, 0.6) is 0 Å². The molecule has 2 heterocycles. The number of hydrogen-bond acceptors (Lipinski definition) is 4. The van der Waals surface area contributed by atoms with Crippen molar-refractivity contribution in [3.05, 3.63) is 59.6 Å². The van der Waals surface area contributed by atoms with Crippen molar-refractivity contribution in [2.75, 3.05) is 10.6 Å². The van der Waals surface area contributed by atoms with E-state index in [-0.39, 0.29) is 17.7 Å². The van der Waals surface area contributed by atoms with Crippen molar-refractivity contribution in [2.24, 2.45) is 13.0 Å². The maximum absolute atomic E-state index is 12.4. The van der Waals surface area contributed by atoms with Gasteiger partial charge in [-0.1, -0.05) is 24.6 Å². The maximum Gasteiger partial charge on any atom is 0.276 e. The molecule has 0 saturated carbocycles. The molecule has 0 spiro atoms. The van der Waals surface area contributed by atoms with Crippen LogP contribution in [0.3, 0.4) is 0 Å². The molecule has 9 heteroatoms. The van der Waals surface area contributed by atoms with Crippen LogP contribution in [0.15, 0.2) is 48.9 Å². The van der Waals surface area contributed by atoms with Crippen LogP contribution < -0.4 is 10.6 Å². The monoisotopic (exact) mass is 386 g/mol. The SMILES string of the molecule is CC(Cn1cc(Cl)cn1)C(=O)Nc1cccc(NC(=O)c2ccn(C)n2)c1. The van der Waals surface area contributed by atoms with Crippen LogP contribution in [-0.4, -0.2) is 31.4 Å². The highest BCUT2D eigenvalue weighted by Crippen LogP contribution is 2.17. The largest absolute Gasteiger partial charge is 0.326 e. The Hall–Kier alpha value is -3.13. The molecule has 0 aliphatic rings. The van der Waals surface area contributed by atoms with Gasteiger partial charge in [-0.25, -0.2) is 0 Å². The lowest BCUT2D eigenvalue weighted by Crippen LogP contribution is -2.24. The molecule has 2 aromatic heterocycles. The molecular weight excluding hydrogens is 368 g/mol. The zero-order chi connectivity index (χ0) is 19.4. The van der Waals surface area contributed by atoms with E-state index in [2.05, 4.69) is 20.8 Å². The first-order chi connectivity index (χ1) is 12.9. The maximum atomic E-state index is 12.4. The molecule has 0 aliphatic heterocycles. The van der Waals surface area contributed by atoms with Gasteiger partial charge in [0.05, 0.1) is 23.7 Å².